The fourth-order valence-corrected chi connectivity index (χ4v) is 2.07. The first-order chi connectivity index (χ1) is 7.56. The second-order valence-corrected chi connectivity index (χ2v) is 5.56. The van der Waals surface area contributed by atoms with Crippen molar-refractivity contribution in [3.05, 3.63) is 48.0 Å². The summed E-state index contributed by atoms with van der Waals surface area (Å²) in [5, 5.41) is 2.21. The molecule has 0 aliphatic heterocycles. The van der Waals surface area contributed by atoms with Crippen molar-refractivity contribution in [2.75, 3.05) is 6.26 Å². The fraction of sp³-hybridized carbons (Fsp3) is 0.167. The van der Waals surface area contributed by atoms with Gasteiger partial charge in [-0.3, -0.25) is 0 Å². The summed E-state index contributed by atoms with van der Waals surface area (Å²) in [6.07, 6.45) is 1.16. The van der Waals surface area contributed by atoms with Crippen molar-refractivity contribution in [3.8, 4) is 0 Å². The SMILES string of the molecule is CS(=O)(=O)NCc1cccc2ccccc12. The molecule has 0 radical (unpaired) electrons. The van der Waals surface area contributed by atoms with Gasteiger partial charge in [0.1, 0.15) is 0 Å². The molecule has 16 heavy (non-hydrogen) atoms. The lowest BCUT2D eigenvalue weighted by atomic mass is 10.1. The summed E-state index contributed by atoms with van der Waals surface area (Å²) in [5.74, 6) is 0. The molecule has 0 aliphatic carbocycles. The van der Waals surface area contributed by atoms with Crippen molar-refractivity contribution in [1.29, 1.82) is 0 Å². The largest absolute Gasteiger partial charge is 0.213 e. The van der Waals surface area contributed by atoms with Gasteiger partial charge in [0.2, 0.25) is 10.0 Å². The molecule has 2 aromatic rings. The van der Waals surface area contributed by atoms with E-state index < -0.39 is 10.0 Å². The van der Waals surface area contributed by atoms with Gasteiger partial charge in [-0.25, -0.2) is 13.1 Å². The summed E-state index contributed by atoms with van der Waals surface area (Å²) in [6.45, 7) is 0.334. The molecular formula is C12H13NO2S. The lowest BCUT2D eigenvalue weighted by molar-refractivity contribution is 0.588. The van der Waals surface area contributed by atoms with Crippen LogP contribution in [-0.2, 0) is 16.6 Å². The lowest BCUT2D eigenvalue weighted by Gasteiger charge is -2.06. The fourth-order valence-electron chi connectivity index (χ4n) is 1.66. The average Bonchev–Trinajstić information content (AvgIpc) is 2.25. The number of rotatable bonds is 3. The van der Waals surface area contributed by atoms with Crippen LogP contribution in [-0.4, -0.2) is 14.7 Å². The molecule has 2 rings (SSSR count). The standard InChI is InChI=1S/C12H13NO2S/c1-16(14,15)13-9-11-7-4-6-10-5-2-3-8-12(10)11/h2-8,13H,9H2,1H3. The van der Waals surface area contributed by atoms with E-state index in [1.807, 2.05) is 42.5 Å². The summed E-state index contributed by atoms with van der Waals surface area (Å²) in [5.41, 5.74) is 0.989. The lowest BCUT2D eigenvalue weighted by Crippen LogP contribution is -2.21. The highest BCUT2D eigenvalue weighted by atomic mass is 32.2. The molecule has 0 aromatic heterocycles. The highest BCUT2D eigenvalue weighted by Gasteiger charge is 2.03. The molecule has 0 unspecified atom stereocenters. The topological polar surface area (TPSA) is 46.2 Å². The number of nitrogens with one attached hydrogen (secondary N) is 1. The molecule has 4 heteroatoms. The van der Waals surface area contributed by atoms with Crippen LogP contribution in [0.2, 0.25) is 0 Å². The molecular weight excluding hydrogens is 222 g/mol. The minimum atomic E-state index is -3.14. The Morgan fingerprint density at radius 3 is 2.50 bits per heavy atom. The van der Waals surface area contributed by atoms with Crippen LogP contribution in [0.25, 0.3) is 10.8 Å². The molecule has 0 bridgehead atoms. The zero-order valence-electron chi connectivity index (χ0n) is 8.97. The van der Waals surface area contributed by atoms with Crippen LogP contribution in [0.4, 0.5) is 0 Å². The van der Waals surface area contributed by atoms with Gasteiger partial charge in [0.25, 0.3) is 0 Å². The maximum absolute atomic E-state index is 11.0. The van der Waals surface area contributed by atoms with E-state index in [-0.39, 0.29) is 0 Å². The van der Waals surface area contributed by atoms with E-state index in [0.717, 1.165) is 22.6 Å². The van der Waals surface area contributed by atoms with E-state index >= 15 is 0 Å². The first kappa shape index (κ1) is 11.1. The number of sulfonamides is 1. The van der Waals surface area contributed by atoms with Crippen LogP contribution in [0.1, 0.15) is 5.56 Å². The highest BCUT2D eigenvalue weighted by molar-refractivity contribution is 7.88. The second kappa shape index (κ2) is 4.23. The maximum Gasteiger partial charge on any atom is 0.209 e. The van der Waals surface area contributed by atoms with Crippen LogP contribution < -0.4 is 4.72 Å². The molecule has 0 amide bonds. The number of fused-ring (bicyclic) bond motifs is 1. The smallest absolute Gasteiger partial charge is 0.209 e. The summed E-state index contributed by atoms with van der Waals surface area (Å²) in [4.78, 5) is 0. The first-order valence-electron chi connectivity index (χ1n) is 4.97. The number of hydrogen-bond donors (Lipinski definition) is 1. The third kappa shape index (κ3) is 2.59. The monoisotopic (exact) mass is 235 g/mol. The third-order valence-electron chi connectivity index (χ3n) is 2.40. The zero-order chi connectivity index (χ0) is 11.6. The summed E-state index contributed by atoms with van der Waals surface area (Å²) >= 11 is 0. The van der Waals surface area contributed by atoms with Crippen LogP contribution >= 0.6 is 0 Å². The van der Waals surface area contributed by atoms with E-state index in [9.17, 15) is 8.42 Å². The predicted octanol–water partition coefficient (Wildman–Crippen LogP) is 1.89. The van der Waals surface area contributed by atoms with E-state index in [1.54, 1.807) is 0 Å². The van der Waals surface area contributed by atoms with Gasteiger partial charge in [-0.1, -0.05) is 42.5 Å². The third-order valence-corrected chi connectivity index (χ3v) is 3.07. The predicted molar refractivity (Wildman–Crippen MR) is 65.6 cm³/mol. The van der Waals surface area contributed by atoms with E-state index in [4.69, 9.17) is 0 Å². The van der Waals surface area contributed by atoms with Gasteiger partial charge in [0, 0.05) is 6.54 Å². The molecule has 1 N–H and O–H groups in total. The van der Waals surface area contributed by atoms with E-state index in [1.165, 1.54) is 0 Å². The van der Waals surface area contributed by atoms with Gasteiger partial charge in [-0.2, -0.15) is 0 Å². The van der Waals surface area contributed by atoms with Crippen LogP contribution in [0.5, 0.6) is 0 Å². The molecule has 0 saturated carbocycles. The van der Waals surface area contributed by atoms with Crippen molar-refractivity contribution in [3.63, 3.8) is 0 Å². The van der Waals surface area contributed by atoms with Crippen LogP contribution in [0, 0.1) is 0 Å². The summed E-state index contributed by atoms with van der Waals surface area (Å²) in [6, 6.07) is 13.8. The maximum atomic E-state index is 11.0. The molecule has 0 aliphatic rings. The Hall–Kier alpha value is -1.39. The molecule has 0 spiro atoms. The summed E-state index contributed by atoms with van der Waals surface area (Å²) in [7, 11) is -3.14. The van der Waals surface area contributed by atoms with Crippen molar-refractivity contribution in [2.45, 2.75) is 6.54 Å². The van der Waals surface area contributed by atoms with Gasteiger partial charge in [-0.15, -0.1) is 0 Å². The minimum Gasteiger partial charge on any atom is -0.213 e. The van der Waals surface area contributed by atoms with Crippen molar-refractivity contribution < 1.29 is 8.42 Å². The van der Waals surface area contributed by atoms with Crippen molar-refractivity contribution >= 4 is 20.8 Å². The summed E-state index contributed by atoms with van der Waals surface area (Å²) < 4.78 is 24.6. The zero-order valence-corrected chi connectivity index (χ0v) is 9.79. The molecule has 2 aromatic carbocycles. The molecule has 0 saturated heterocycles. The Bertz CT molecular complexity index is 600. The average molecular weight is 235 g/mol. The molecule has 0 atom stereocenters. The Kier molecular flexibility index (Phi) is 2.94. The van der Waals surface area contributed by atoms with Gasteiger partial charge in [-0.05, 0) is 16.3 Å². The Morgan fingerprint density at radius 2 is 1.75 bits per heavy atom. The van der Waals surface area contributed by atoms with Crippen LogP contribution in [0.3, 0.4) is 0 Å². The second-order valence-electron chi connectivity index (χ2n) is 3.73. The minimum absolute atomic E-state index is 0.334. The molecule has 3 nitrogen and oxygen atoms in total. The van der Waals surface area contributed by atoms with Gasteiger partial charge in [0.05, 0.1) is 6.26 Å². The van der Waals surface area contributed by atoms with Crippen LogP contribution in [0.15, 0.2) is 42.5 Å². The number of benzene rings is 2. The Balaban J connectivity index is 2.38. The normalized spacial score (nSPS) is 11.8. The number of hydrogen-bond acceptors (Lipinski definition) is 2. The Morgan fingerprint density at radius 1 is 1.06 bits per heavy atom. The first-order valence-corrected chi connectivity index (χ1v) is 6.87. The molecule has 0 heterocycles. The van der Waals surface area contributed by atoms with Gasteiger partial charge < -0.3 is 0 Å². The molecule has 84 valence electrons. The van der Waals surface area contributed by atoms with Gasteiger partial charge >= 0.3 is 0 Å². The van der Waals surface area contributed by atoms with E-state index in [0.29, 0.717) is 6.54 Å². The van der Waals surface area contributed by atoms with Crippen molar-refractivity contribution in [2.24, 2.45) is 0 Å². The quantitative estimate of drug-likeness (QED) is 0.883. The van der Waals surface area contributed by atoms with Gasteiger partial charge in [0.15, 0.2) is 0 Å². The molecule has 0 fully saturated rings. The van der Waals surface area contributed by atoms with E-state index in [2.05, 4.69) is 4.72 Å². The Labute approximate surface area is 95.2 Å². The van der Waals surface area contributed by atoms with Crippen molar-refractivity contribution in [1.82, 2.24) is 4.72 Å². The highest BCUT2D eigenvalue weighted by Crippen LogP contribution is 2.18.